The third kappa shape index (κ3) is 5.69. The van der Waals surface area contributed by atoms with Crippen LogP contribution in [0, 0.1) is 0 Å². The van der Waals surface area contributed by atoms with E-state index in [0.717, 1.165) is 55.1 Å². The molecule has 1 aliphatic heterocycles. The van der Waals surface area contributed by atoms with Gasteiger partial charge in [-0.25, -0.2) is 0 Å². The molecule has 3 rings (SSSR count). The molecule has 1 fully saturated rings. The lowest BCUT2D eigenvalue weighted by molar-refractivity contribution is -0.120. The summed E-state index contributed by atoms with van der Waals surface area (Å²) in [5, 5.41) is 0.708. The van der Waals surface area contributed by atoms with Crippen molar-refractivity contribution in [1.29, 1.82) is 0 Å². The van der Waals surface area contributed by atoms with Crippen LogP contribution >= 0.6 is 11.6 Å². The van der Waals surface area contributed by atoms with Crippen molar-refractivity contribution in [2.24, 2.45) is 0 Å². The van der Waals surface area contributed by atoms with Crippen LogP contribution in [0.15, 0.2) is 42.5 Å². The van der Waals surface area contributed by atoms with E-state index >= 15 is 0 Å². The maximum atomic E-state index is 12.1. The highest BCUT2D eigenvalue weighted by atomic mass is 35.5. The lowest BCUT2D eigenvalue weighted by Gasteiger charge is -2.21. The van der Waals surface area contributed by atoms with Gasteiger partial charge in [0.1, 0.15) is 23.4 Å². The number of rotatable bonds is 10. The van der Waals surface area contributed by atoms with Crippen molar-refractivity contribution in [3.63, 3.8) is 0 Å². The van der Waals surface area contributed by atoms with E-state index in [2.05, 4.69) is 11.8 Å². The summed E-state index contributed by atoms with van der Waals surface area (Å²) in [6.07, 6.45) is 3.55. The van der Waals surface area contributed by atoms with Gasteiger partial charge in [-0.2, -0.15) is 0 Å². The Morgan fingerprint density at radius 3 is 2.53 bits per heavy atom. The van der Waals surface area contributed by atoms with Crippen LogP contribution in [0.4, 0.5) is 5.69 Å². The van der Waals surface area contributed by atoms with E-state index in [1.54, 1.807) is 0 Å². The molecule has 4 nitrogen and oxygen atoms in total. The third-order valence-corrected chi connectivity index (χ3v) is 5.84. The van der Waals surface area contributed by atoms with Gasteiger partial charge >= 0.3 is 0 Å². The summed E-state index contributed by atoms with van der Waals surface area (Å²) < 4.78 is 11.9. The van der Waals surface area contributed by atoms with Gasteiger partial charge in [0.2, 0.25) is 0 Å². The minimum Gasteiger partial charge on any atom is -0.494 e. The molecule has 0 radical (unpaired) electrons. The van der Waals surface area contributed by atoms with Crippen LogP contribution in [0.25, 0.3) is 0 Å². The summed E-state index contributed by atoms with van der Waals surface area (Å²) in [4.78, 5) is 14.4. The average Bonchev–Trinajstić information content (AvgIpc) is 3.20. The van der Waals surface area contributed by atoms with Crippen molar-refractivity contribution < 1.29 is 14.3 Å². The number of benzene rings is 2. The van der Waals surface area contributed by atoms with Crippen LogP contribution in [0.3, 0.4) is 0 Å². The van der Waals surface area contributed by atoms with Crippen LogP contribution < -0.4 is 14.4 Å². The highest BCUT2D eigenvalue weighted by Gasteiger charge is 2.26. The molecule has 2 aromatic carbocycles. The Labute approximate surface area is 185 Å². The van der Waals surface area contributed by atoms with Crippen LogP contribution in [0.1, 0.15) is 57.9 Å². The van der Waals surface area contributed by atoms with Gasteiger partial charge in [-0.3, -0.25) is 4.79 Å². The number of hydrogen-bond acceptors (Lipinski definition) is 4. The van der Waals surface area contributed by atoms with Gasteiger partial charge in [-0.05, 0) is 42.7 Å². The molecule has 1 aliphatic rings. The molecular formula is C25H32ClNO3. The zero-order chi connectivity index (χ0) is 21.5. The molecular weight excluding hydrogens is 398 g/mol. The zero-order valence-corrected chi connectivity index (χ0v) is 19.0. The van der Waals surface area contributed by atoms with Crippen LogP contribution in [-0.2, 0) is 4.79 Å². The van der Waals surface area contributed by atoms with Gasteiger partial charge in [0.15, 0.2) is 0 Å². The minimum atomic E-state index is -0.0626. The summed E-state index contributed by atoms with van der Waals surface area (Å²) in [7, 11) is 0. The summed E-state index contributed by atoms with van der Waals surface area (Å²) in [5.41, 5.74) is 2.07. The summed E-state index contributed by atoms with van der Waals surface area (Å²) >= 11 is 6.50. The van der Waals surface area contributed by atoms with Crippen LogP contribution in [0.2, 0.25) is 5.02 Å². The van der Waals surface area contributed by atoms with Crippen molar-refractivity contribution in [3.8, 4) is 11.5 Å². The summed E-state index contributed by atoms with van der Waals surface area (Å²) in [6, 6.07) is 13.9. The Balaban J connectivity index is 1.56. The first-order valence-corrected chi connectivity index (χ1v) is 11.4. The molecule has 0 aromatic heterocycles. The number of nitrogens with zero attached hydrogens (tertiary/aromatic N) is 1. The van der Waals surface area contributed by atoms with Crippen molar-refractivity contribution in [3.05, 3.63) is 53.1 Å². The number of ether oxygens (including phenoxy) is 2. The molecule has 0 N–H and O–H groups in total. The Hall–Kier alpha value is -2.20. The first kappa shape index (κ1) is 22.5. The number of halogens is 1. The number of ketones is 1. The third-order valence-electron chi connectivity index (χ3n) is 5.54. The molecule has 0 bridgehead atoms. The van der Waals surface area contributed by atoms with E-state index in [4.69, 9.17) is 21.1 Å². The quantitative estimate of drug-likeness (QED) is 0.446. The SMILES string of the molecule is CCCOc1ccc(N2CC[C@@H](Oc3ccc(C(C)C(=O)CCC)cc3)C2)c(Cl)c1. The van der Waals surface area contributed by atoms with E-state index in [1.807, 2.05) is 56.3 Å². The second-order valence-electron chi connectivity index (χ2n) is 7.94. The van der Waals surface area contributed by atoms with Crippen molar-refractivity contribution >= 4 is 23.1 Å². The molecule has 0 amide bonds. The Bertz CT molecular complexity index is 837. The highest BCUT2D eigenvalue weighted by Crippen LogP contribution is 2.33. The Morgan fingerprint density at radius 2 is 1.87 bits per heavy atom. The summed E-state index contributed by atoms with van der Waals surface area (Å²) in [6.45, 7) is 8.49. The molecule has 162 valence electrons. The molecule has 1 unspecified atom stereocenters. The van der Waals surface area contributed by atoms with E-state index in [-0.39, 0.29) is 12.0 Å². The Kier molecular flexibility index (Phi) is 8.03. The smallest absolute Gasteiger partial charge is 0.140 e. The number of Topliss-reactive ketones (excluding diaryl/α,β-unsaturated/α-hetero) is 1. The van der Waals surface area contributed by atoms with E-state index in [0.29, 0.717) is 23.8 Å². The molecule has 1 saturated heterocycles. The molecule has 5 heteroatoms. The zero-order valence-electron chi connectivity index (χ0n) is 18.2. The largest absolute Gasteiger partial charge is 0.494 e. The molecule has 2 atom stereocenters. The highest BCUT2D eigenvalue weighted by molar-refractivity contribution is 6.33. The van der Waals surface area contributed by atoms with Gasteiger partial charge in [-0.1, -0.05) is 44.5 Å². The van der Waals surface area contributed by atoms with E-state index in [9.17, 15) is 4.79 Å². The predicted octanol–water partition coefficient (Wildman–Crippen LogP) is 6.26. The predicted molar refractivity (Wildman–Crippen MR) is 123 cm³/mol. The fourth-order valence-electron chi connectivity index (χ4n) is 3.77. The molecule has 0 spiro atoms. The molecule has 0 aliphatic carbocycles. The first-order chi connectivity index (χ1) is 14.5. The van der Waals surface area contributed by atoms with Gasteiger partial charge in [0.05, 0.1) is 23.9 Å². The number of carbonyl (C=O) groups excluding carboxylic acids is 1. The molecule has 2 aromatic rings. The van der Waals surface area contributed by atoms with Gasteiger partial charge in [0, 0.05) is 31.4 Å². The molecule has 0 saturated carbocycles. The average molecular weight is 430 g/mol. The normalized spacial score (nSPS) is 17.1. The van der Waals surface area contributed by atoms with Crippen molar-refractivity contribution in [1.82, 2.24) is 0 Å². The number of anilines is 1. The van der Waals surface area contributed by atoms with Gasteiger partial charge in [-0.15, -0.1) is 0 Å². The first-order valence-electron chi connectivity index (χ1n) is 11.0. The number of carbonyl (C=O) groups is 1. The monoisotopic (exact) mass is 429 g/mol. The fraction of sp³-hybridized carbons (Fsp3) is 0.480. The molecule has 30 heavy (non-hydrogen) atoms. The Morgan fingerprint density at radius 1 is 1.13 bits per heavy atom. The second-order valence-corrected chi connectivity index (χ2v) is 8.35. The fourth-order valence-corrected chi connectivity index (χ4v) is 4.06. The van der Waals surface area contributed by atoms with Crippen LogP contribution in [0.5, 0.6) is 11.5 Å². The molecule has 1 heterocycles. The maximum Gasteiger partial charge on any atom is 0.140 e. The van der Waals surface area contributed by atoms with Crippen molar-refractivity contribution in [2.45, 2.75) is 58.5 Å². The van der Waals surface area contributed by atoms with Gasteiger partial charge < -0.3 is 14.4 Å². The van der Waals surface area contributed by atoms with Crippen molar-refractivity contribution in [2.75, 3.05) is 24.6 Å². The van der Waals surface area contributed by atoms with E-state index in [1.165, 1.54) is 0 Å². The standard InChI is InChI=1S/C25H32ClNO3/c1-4-6-25(28)18(3)19-7-9-20(10-8-19)30-22-13-14-27(17-22)24-12-11-21(16-23(24)26)29-15-5-2/h7-12,16,18,22H,4-6,13-15,17H2,1-3H3/t18?,22-/m1/s1. The topological polar surface area (TPSA) is 38.8 Å². The minimum absolute atomic E-state index is 0.0626. The number of hydrogen-bond donors (Lipinski definition) is 0. The van der Waals surface area contributed by atoms with Crippen LogP contribution in [-0.4, -0.2) is 31.6 Å². The second kappa shape index (κ2) is 10.7. The van der Waals surface area contributed by atoms with Gasteiger partial charge in [0.25, 0.3) is 0 Å². The summed E-state index contributed by atoms with van der Waals surface area (Å²) in [5.74, 6) is 1.88. The lowest BCUT2D eigenvalue weighted by atomic mass is 9.94. The maximum absolute atomic E-state index is 12.1. The van der Waals surface area contributed by atoms with E-state index < -0.39 is 0 Å². The lowest BCUT2D eigenvalue weighted by Crippen LogP contribution is -2.24.